The van der Waals surface area contributed by atoms with E-state index in [2.05, 4.69) is 10.1 Å². The lowest BCUT2D eigenvalue weighted by molar-refractivity contribution is -0.0505. The van der Waals surface area contributed by atoms with E-state index in [4.69, 9.17) is 4.74 Å². The van der Waals surface area contributed by atoms with Gasteiger partial charge in [-0.3, -0.25) is 14.2 Å². The normalized spacial score (nSPS) is 12.2. The monoisotopic (exact) mass is 493 g/mol. The molecule has 0 amide bonds. The smallest absolute Gasteiger partial charge is 0.387 e. The van der Waals surface area contributed by atoms with Crippen LogP contribution in [0.5, 0.6) is 5.75 Å². The Labute approximate surface area is 205 Å². The van der Waals surface area contributed by atoms with Gasteiger partial charge in [0.2, 0.25) is 0 Å². The van der Waals surface area contributed by atoms with E-state index in [-0.39, 0.29) is 17.9 Å². The van der Waals surface area contributed by atoms with Gasteiger partial charge in [0.05, 0.1) is 35.5 Å². The molecule has 5 aromatic rings. The van der Waals surface area contributed by atoms with Crippen molar-refractivity contribution in [2.75, 3.05) is 0 Å². The van der Waals surface area contributed by atoms with E-state index < -0.39 is 12.2 Å². The molecule has 3 aromatic heterocycles. The van der Waals surface area contributed by atoms with Gasteiger partial charge in [-0.2, -0.15) is 13.9 Å². The second-order valence-electron chi connectivity index (χ2n) is 9.32. The molecule has 0 fully saturated rings. The molecule has 0 spiro atoms. The third kappa shape index (κ3) is 4.13. The van der Waals surface area contributed by atoms with Crippen LogP contribution in [0, 0.1) is 6.92 Å². The Bertz CT molecular complexity index is 1660. The molecule has 36 heavy (non-hydrogen) atoms. The molecule has 0 bridgehead atoms. The Hall–Kier alpha value is -4.05. The lowest BCUT2D eigenvalue weighted by Crippen LogP contribution is -2.20. The molecule has 186 valence electrons. The Morgan fingerprint density at radius 2 is 1.86 bits per heavy atom. The maximum Gasteiger partial charge on any atom is 0.387 e. The number of hydrogen-bond donors (Lipinski definition) is 1. The number of fused-ring (bicyclic) bond motifs is 2. The molecule has 0 aliphatic carbocycles. The number of alkyl halides is 2. The van der Waals surface area contributed by atoms with Crippen LogP contribution in [-0.4, -0.2) is 35.7 Å². The zero-order chi connectivity index (χ0) is 25.8. The van der Waals surface area contributed by atoms with E-state index in [0.29, 0.717) is 27.8 Å². The number of halogens is 2. The Morgan fingerprint density at radius 3 is 2.58 bits per heavy atom. The van der Waals surface area contributed by atoms with Crippen molar-refractivity contribution < 1.29 is 18.6 Å². The summed E-state index contributed by atoms with van der Waals surface area (Å²) < 4.78 is 35.5. The summed E-state index contributed by atoms with van der Waals surface area (Å²) in [5.74, 6) is 0.0672. The van der Waals surface area contributed by atoms with Gasteiger partial charge in [-0.15, -0.1) is 0 Å². The van der Waals surface area contributed by atoms with Crippen LogP contribution in [-0.2, 0) is 19.2 Å². The van der Waals surface area contributed by atoms with E-state index in [9.17, 15) is 18.7 Å². The molecule has 0 saturated carbocycles. The van der Waals surface area contributed by atoms with Crippen molar-refractivity contribution >= 4 is 16.6 Å². The third-order valence-corrected chi connectivity index (χ3v) is 6.24. The number of hydrogen-bond acceptors (Lipinski definition) is 5. The number of imidazole rings is 1. The molecule has 3 heterocycles. The molecule has 0 aliphatic heterocycles. The van der Waals surface area contributed by atoms with Crippen molar-refractivity contribution in [3.8, 4) is 16.9 Å². The van der Waals surface area contributed by atoms with E-state index in [0.717, 1.165) is 16.7 Å². The summed E-state index contributed by atoms with van der Waals surface area (Å²) in [5.41, 5.74) is 3.49. The van der Waals surface area contributed by atoms with Crippen LogP contribution >= 0.6 is 0 Å². The van der Waals surface area contributed by atoms with E-state index in [1.807, 2.05) is 25.1 Å². The first kappa shape index (κ1) is 23.7. The Morgan fingerprint density at radius 1 is 1.08 bits per heavy atom. The highest BCUT2D eigenvalue weighted by Gasteiger charge is 2.22. The van der Waals surface area contributed by atoms with Crippen LogP contribution in [0.15, 0.2) is 59.7 Å². The third-order valence-electron chi connectivity index (χ3n) is 6.24. The largest absolute Gasteiger partial charge is 0.434 e. The zero-order valence-electron chi connectivity index (χ0n) is 20.2. The minimum atomic E-state index is -2.95. The van der Waals surface area contributed by atoms with Gasteiger partial charge in [0, 0.05) is 18.2 Å². The highest BCUT2D eigenvalue weighted by Crippen LogP contribution is 2.28. The predicted octanol–water partition coefficient (Wildman–Crippen LogP) is 4.24. The minimum absolute atomic E-state index is 0.0672. The average molecular weight is 494 g/mol. The van der Waals surface area contributed by atoms with Crippen molar-refractivity contribution in [3.05, 3.63) is 82.0 Å². The summed E-state index contributed by atoms with van der Waals surface area (Å²) in [6.45, 7) is 2.41. The molecule has 2 aromatic carbocycles. The van der Waals surface area contributed by atoms with Gasteiger partial charge < -0.3 is 9.84 Å². The van der Waals surface area contributed by atoms with Crippen molar-refractivity contribution in [2.45, 2.75) is 39.5 Å². The Balaban J connectivity index is 1.61. The van der Waals surface area contributed by atoms with Crippen LogP contribution < -0.4 is 10.3 Å². The average Bonchev–Trinajstić information content (AvgIpc) is 3.35. The van der Waals surface area contributed by atoms with Crippen LogP contribution in [0.25, 0.3) is 27.7 Å². The topological polar surface area (TPSA) is 86.6 Å². The standard InChI is InChI=1S/C26H25F2N5O3/c1-15-5-8-21(36-25(27)28)18(9-15)14-32-20-10-16(6-7-19(20)24(34)31(32)4)17-11-23-29-13-22(26(2,3)35)33(23)30-12-17/h5-13,25,35H,14H2,1-4H3. The second kappa shape index (κ2) is 8.56. The molecular weight excluding hydrogens is 468 g/mol. The molecule has 0 radical (unpaired) electrons. The number of aryl methyl sites for hydroxylation is 1. The van der Waals surface area contributed by atoms with Crippen molar-refractivity contribution in [2.24, 2.45) is 7.05 Å². The summed E-state index contributed by atoms with van der Waals surface area (Å²) in [6.07, 6.45) is 3.26. The fourth-order valence-corrected chi connectivity index (χ4v) is 4.40. The van der Waals surface area contributed by atoms with Gasteiger partial charge in [-0.05, 0) is 50.6 Å². The highest BCUT2D eigenvalue weighted by atomic mass is 19.3. The molecular formula is C26H25F2N5O3. The molecule has 0 saturated heterocycles. The van der Waals surface area contributed by atoms with Crippen molar-refractivity contribution in [1.29, 1.82) is 0 Å². The van der Waals surface area contributed by atoms with Crippen LogP contribution in [0.3, 0.4) is 0 Å². The summed E-state index contributed by atoms with van der Waals surface area (Å²) in [5, 5.41) is 15.3. The fourth-order valence-electron chi connectivity index (χ4n) is 4.40. The van der Waals surface area contributed by atoms with Gasteiger partial charge in [-0.25, -0.2) is 9.50 Å². The Kier molecular flexibility index (Phi) is 5.63. The first-order valence-corrected chi connectivity index (χ1v) is 11.3. The van der Waals surface area contributed by atoms with Gasteiger partial charge in [0.1, 0.15) is 11.4 Å². The van der Waals surface area contributed by atoms with Crippen LogP contribution in [0.1, 0.15) is 30.7 Å². The van der Waals surface area contributed by atoms with Crippen molar-refractivity contribution in [3.63, 3.8) is 0 Å². The molecule has 0 atom stereocenters. The fraction of sp³-hybridized carbons (Fsp3) is 0.269. The molecule has 8 nitrogen and oxygen atoms in total. The molecule has 1 N–H and O–H groups in total. The summed E-state index contributed by atoms with van der Waals surface area (Å²) in [4.78, 5) is 17.3. The van der Waals surface area contributed by atoms with Crippen molar-refractivity contribution in [1.82, 2.24) is 24.0 Å². The van der Waals surface area contributed by atoms with Gasteiger partial charge in [-0.1, -0.05) is 23.8 Å². The lowest BCUT2D eigenvalue weighted by atomic mass is 10.1. The minimum Gasteiger partial charge on any atom is -0.434 e. The number of aromatic nitrogens is 5. The first-order valence-electron chi connectivity index (χ1n) is 11.3. The summed E-state index contributed by atoms with van der Waals surface area (Å²) >= 11 is 0. The van der Waals surface area contributed by atoms with E-state index in [1.165, 1.54) is 10.7 Å². The highest BCUT2D eigenvalue weighted by molar-refractivity contribution is 5.85. The van der Waals surface area contributed by atoms with Crippen LogP contribution in [0.4, 0.5) is 8.78 Å². The molecule has 0 aliphatic rings. The number of nitrogens with zero attached hydrogens (tertiary/aromatic N) is 5. The number of aliphatic hydroxyl groups is 1. The zero-order valence-corrected chi connectivity index (χ0v) is 20.2. The number of benzene rings is 2. The molecule has 5 rings (SSSR count). The molecule has 10 heteroatoms. The van der Waals surface area contributed by atoms with E-state index >= 15 is 0 Å². The van der Waals surface area contributed by atoms with Gasteiger partial charge in [0.25, 0.3) is 5.56 Å². The second-order valence-corrected chi connectivity index (χ2v) is 9.32. The SMILES string of the molecule is Cc1ccc(OC(F)F)c(Cn2c3cc(-c4cnn5c(C(C)(C)O)cnc5c4)ccc3c(=O)n2C)c1. The van der Waals surface area contributed by atoms with Gasteiger partial charge in [0.15, 0.2) is 5.65 Å². The van der Waals surface area contributed by atoms with Crippen LogP contribution in [0.2, 0.25) is 0 Å². The summed E-state index contributed by atoms with van der Waals surface area (Å²) in [6, 6.07) is 12.3. The quantitative estimate of drug-likeness (QED) is 0.383. The number of rotatable bonds is 6. The first-order chi connectivity index (χ1) is 17.0. The van der Waals surface area contributed by atoms with Gasteiger partial charge >= 0.3 is 6.61 Å². The lowest BCUT2D eigenvalue weighted by Gasteiger charge is -2.16. The molecule has 0 unspecified atom stereocenters. The predicted molar refractivity (Wildman–Crippen MR) is 131 cm³/mol. The summed E-state index contributed by atoms with van der Waals surface area (Å²) in [7, 11) is 1.64. The number of ether oxygens (including phenoxy) is 1. The maximum atomic E-state index is 13.0. The van der Waals surface area contributed by atoms with E-state index in [1.54, 1.807) is 60.7 Å². The maximum absolute atomic E-state index is 13.0.